The number of rotatable bonds is 1. The predicted molar refractivity (Wildman–Crippen MR) is 20.9 cm³/mol. The second-order valence-corrected chi connectivity index (χ2v) is 0.815. The summed E-state index contributed by atoms with van der Waals surface area (Å²) >= 11 is 0. The fourth-order valence-electron chi connectivity index (χ4n) is 0. The number of hydrogen-bond donors (Lipinski definition) is 0. The molecular weight excluding hydrogens is 66.0 g/mol. The molecule has 0 fully saturated rings. The summed E-state index contributed by atoms with van der Waals surface area (Å²) in [6, 6.07) is 0. The van der Waals surface area contributed by atoms with Gasteiger partial charge in [0.15, 0.2) is 5.78 Å². The quantitative estimate of drug-likeness (QED) is 0.330. The molecule has 0 saturated carbocycles. The molecule has 0 aliphatic rings. The minimum Gasteiger partial charge on any atom is -0.295 e. The second-order valence-electron chi connectivity index (χ2n) is 0.815. The van der Waals surface area contributed by atoms with Gasteiger partial charge >= 0.3 is 0 Å². The molecule has 0 radical (unpaired) electrons. The summed E-state index contributed by atoms with van der Waals surface area (Å²) in [5, 5.41) is 0. The first-order chi connectivity index (χ1) is 2.27. The second kappa shape index (κ2) is 1.70. The van der Waals surface area contributed by atoms with Gasteiger partial charge < -0.3 is 0 Å². The van der Waals surface area contributed by atoms with Crippen molar-refractivity contribution in [1.82, 2.24) is 0 Å². The minimum absolute atomic E-state index is 0.0185. The summed E-state index contributed by atoms with van der Waals surface area (Å²) in [5.74, 6) is 0.0185. The van der Waals surface area contributed by atoms with E-state index in [1.54, 1.807) is 0 Å². The third-order valence-corrected chi connectivity index (χ3v) is 0.287. The fraction of sp³-hybridized carbons (Fsp3) is 0.250. The summed E-state index contributed by atoms with van der Waals surface area (Å²) in [7, 11) is 0. The Kier molecular flexibility index (Phi) is 1.50. The van der Waals surface area contributed by atoms with Crippen LogP contribution in [0.25, 0.3) is 0 Å². The molecule has 0 unspecified atom stereocenters. The van der Waals surface area contributed by atoms with E-state index >= 15 is 0 Å². The van der Waals surface area contributed by atoms with Crippen molar-refractivity contribution in [3.8, 4) is 0 Å². The first kappa shape index (κ1) is 4.41. The highest BCUT2D eigenvalue weighted by molar-refractivity contribution is 5.86. The average molecular weight is 72.1 g/mol. The van der Waals surface area contributed by atoms with Crippen molar-refractivity contribution in [1.29, 1.82) is 0 Å². The van der Waals surface area contributed by atoms with Crippen LogP contribution in [0, 0.1) is 0 Å². The molecule has 1 nitrogen and oxygen atoms in total. The van der Waals surface area contributed by atoms with E-state index in [0.717, 1.165) is 0 Å². The molecule has 0 aromatic carbocycles. The molecule has 0 spiro atoms. The van der Waals surface area contributed by atoms with Gasteiger partial charge in [0.1, 0.15) is 0 Å². The molecule has 0 N–H and O–H groups in total. The summed E-state index contributed by atoms with van der Waals surface area (Å²) in [6.07, 6.45) is 1.28. The molecule has 28 valence electrons. The molecule has 0 bridgehead atoms. The molecular formula is C4H6O. The van der Waals surface area contributed by atoms with Crippen LogP contribution in [-0.2, 0) is 4.79 Å². The van der Waals surface area contributed by atoms with Gasteiger partial charge in [0.2, 0.25) is 0 Å². The number of carbonyl (C=O) groups is 1. The molecule has 5 heavy (non-hydrogen) atoms. The summed E-state index contributed by atoms with van der Waals surface area (Å²) in [6.45, 7) is 4.68. The molecule has 0 aromatic rings. The minimum atomic E-state index is 0.0185. The zero-order valence-corrected chi connectivity index (χ0v) is 3.19. The average Bonchev–Trinajstić information content (AvgIpc) is 1.38. The Labute approximate surface area is 31.3 Å². The lowest BCUT2D eigenvalue weighted by molar-refractivity contribution is -0.112. The van der Waals surface area contributed by atoms with E-state index in [0.29, 0.717) is 0 Å². The third kappa shape index (κ3) is 3.41. The van der Waals surface area contributed by atoms with Gasteiger partial charge in [-0.15, -0.1) is 0 Å². The molecule has 1 heteroatoms. The van der Waals surface area contributed by atoms with Crippen LogP contribution in [0.4, 0.5) is 0 Å². The number of carbonyl (C=O) groups excluding carboxylic acids is 1. The van der Waals surface area contributed by atoms with Crippen molar-refractivity contribution in [2.75, 3.05) is 0 Å². The Bertz CT molecular complexity index is 54.7. The standard InChI is InChI=1S/C4H6O/c1-3-4(2)5/h3H,1H2,2H3/i5+2. The molecule has 0 rings (SSSR count). The van der Waals surface area contributed by atoms with Crippen LogP contribution in [0.3, 0.4) is 0 Å². The highest BCUT2D eigenvalue weighted by Crippen LogP contribution is 1.60. The zero-order valence-electron chi connectivity index (χ0n) is 3.19. The van der Waals surface area contributed by atoms with Crippen molar-refractivity contribution in [2.45, 2.75) is 6.92 Å². The van der Waals surface area contributed by atoms with E-state index in [1.807, 2.05) is 0 Å². The van der Waals surface area contributed by atoms with Crippen LogP contribution in [0.2, 0.25) is 0 Å². The largest absolute Gasteiger partial charge is 0.295 e. The van der Waals surface area contributed by atoms with E-state index in [9.17, 15) is 4.79 Å². The maximum absolute atomic E-state index is 9.69. The third-order valence-electron chi connectivity index (χ3n) is 0.287. The van der Waals surface area contributed by atoms with Gasteiger partial charge in [-0.25, -0.2) is 0 Å². The van der Waals surface area contributed by atoms with Crippen molar-refractivity contribution in [3.63, 3.8) is 0 Å². The Balaban J connectivity index is 3.20. The molecule has 0 aromatic heterocycles. The van der Waals surface area contributed by atoms with Crippen LogP contribution in [-0.4, -0.2) is 5.78 Å². The Hall–Kier alpha value is -0.590. The Morgan fingerprint density at radius 1 is 2.00 bits per heavy atom. The molecule has 0 heterocycles. The lowest BCUT2D eigenvalue weighted by Crippen LogP contribution is -1.74. The lowest BCUT2D eigenvalue weighted by atomic mass is 10.5. The molecule has 0 aliphatic carbocycles. The van der Waals surface area contributed by atoms with Gasteiger partial charge in [0, 0.05) is 0 Å². The van der Waals surface area contributed by atoms with Gasteiger partial charge in [-0.05, 0) is 13.0 Å². The maximum Gasteiger partial charge on any atom is 0.152 e. The predicted octanol–water partition coefficient (Wildman–Crippen LogP) is 0.761. The van der Waals surface area contributed by atoms with Crippen LogP contribution in [0.15, 0.2) is 12.7 Å². The zero-order chi connectivity index (χ0) is 4.28. The smallest absolute Gasteiger partial charge is 0.152 e. The highest BCUT2D eigenvalue weighted by Gasteiger charge is 1.69. The van der Waals surface area contributed by atoms with Gasteiger partial charge in [0.25, 0.3) is 0 Å². The van der Waals surface area contributed by atoms with Gasteiger partial charge in [-0.1, -0.05) is 6.58 Å². The monoisotopic (exact) mass is 72.0 g/mol. The highest BCUT2D eigenvalue weighted by atomic mass is 18.1. The number of allylic oxidation sites excluding steroid dienone is 1. The van der Waals surface area contributed by atoms with Gasteiger partial charge in [0.05, 0.1) is 0 Å². The summed E-state index contributed by atoms with van der Waals surface area (Å²) < 4.78 is 0. The Morgan fingerprint density at radius 3 is 2.20 bits per heavy atom. The first-order valence-corrected chi connectivity index (χ1v) is 1.40. The molecule has 0 atom stereocenters. The SMILES string of the molecule is C=CC(C)=[18O]. The summed E-state index contributed by atoms with van der Waals surface area (Å²) in [5.41, 5.74) is 0. The van der Waals surface area contributed by atoms with Crippen LogP contribution in [0.1, 0.15) is 6.92 Å². The lowest BCUT2D eigenvalue weighted by Gasteiger charge is -1.62. The van der Waals surface area contributed by atoms with Crippen molar-refractivity contribution in [2.24, 2.45) is 0 Å². The molecule has 0 aliphatic heterocycles. The van der Waals surface area contributed by atoms with Crippen LogP contribution >= 0.6 is 0 Å². The van der Waals surface area contributed by atoms with E-state index in [2.05, 4.69) is 6.58 Å². The van der Waals surface area contributed by atoms with Crippen molar-refractivity contribution >= 4 is 5.78 Å². The van der Waals surface area contributed by atoms with E-state index in [1.165, 1.54) is 13.0 Å². The molecule has 0 amide bonds. The molecule has 0 saturated heterocycles. The van der Waals surface area contributed by atoms with E-state index in [-0.39, 0.29) is 5.78 Å². The van der Waals surface area contributed by atoms with E-state index < -0.39 is 0 Å². The topological polar surface area (TPSA) is 17.1 Å². The van der Waals surface area contributed by atoms with Gasteiger partial charge in [-0.3, -0.25) is 4.79 Å². The summed E-state index contributed by atoms with van der Waals surface area (Å²) in [4.78, 5) is 9.69. The number of hydrogen-bond acceptors (Lipinski definition) is 1. The van der Waals surface area contributed by atoms with Crippen LogP contribution < -0.4 is 0 Å². The normalized spacial score (nSPS) is 6.60. The van der Waals surface area contributed by atoms with Gasteiger partial charge in [-0.2, -0.15) is 0 Å². The van der Waals surface area contributed by atoms with Crippen molar-refractivity contribution < 1.29 is 4.79 Å². The number of ketones is 1. The van der Waals surface area contributed by atoms with Crippen LogP contribution in [0.5, 0.6) is 0 Å². The van der Waals surface area contributed by atoms with Crippen molar-refractivity contribution in [3.05, 3.63) is 12.7 Å². The van der Waals surface area contributed by atoms with E-state index in [4.69, 9.17) is 0 Å². The maximum atomic E-state index is 9.69. The fourth-order valence-corrected chi connectivity index (χ4v) is 0. The Morgan fingerprint density at radius 2 is 2.20 bits per heavy atom. The first-order valence-electron chi connectivity index (χ1n) is 1.40.